The van der Waals surface area contributed by atoms with Crippen LogP contribution in [0.15, 0.2) is 60.9 Å². The number of aromatic nitrogens is 5. The molecule has 0 bridgehead atoms. The van der Waals surface area contributed by atoms with Crippen LogP contribution in [0.25, 0.3) is 44.6 Å². The number of aromatic amines is 2. The van der Waals surface area contributed by atoms with Gasteiger partial charge in [-0.15, -0.1) is 0 Å². The summed E-state index contributed by atoms with van der Waals surface area (Å²) in [5, 5.41) is 12.4. The molecule has 6 heteroatoms. The molecule has 0 saturated heterocycles. The molecule has 1 saturated carbocycles. The van der Waals surface area contributed by atoms with Gasteiger partial charge in [-0.25, -0.2) is 4.98 Å². The maximum absolute atomic E-state index is 4.73. The van der Waals surface area contributed by atoms with Crippen molar-refractivity contribution in [2.75, 3.05) is 6.54 Å². The van der Waals surface area contributed by atoms with Crippen molar-refractivity contribution in [3.05, 3.63) is 66.5 Å². The zero-order valence-corrected chi connectivity index (χ0v) is 17.9. The number of hydrogen-bond acceptors (Lipinski definition) is 4. The highest BCUT2D eigenvalue weighted by Gasteiger charge is 2.15. The molecule has 160 valence electrons. The van der Waals surface area contributed by atoms with Gasteiger partial charge in [0.05, 0.1) is 16.6 Å². The molecule has 3 N–H and O–H groups in total. The van der Waals surface area contributed by atoms with Crippen LogP contribution in [0.4, 0.5) is 0 Å². The van der Waals surface area contributed by atoms with Crippen LogP contribution in [0.2, 0.25) is 0 Å². The number of para-hydroxylation sites is 2. The van der Waals surface area contributed by atoms with Gasteiger partial charge in [0, 0.05) is 29.9 Å². The van der Waals surface area contributed by atoms with Gasteiger partial charge in [0.15, 0.2) is 5.82 Å². The van der Waals surface area contributed by atoms with Crippen molar-refractivity contribution < 1.29 is 0 Å². The highest BCUT2D eigenvalue weighted by molar-refractivity contribution is 5.95. The molecule has 3 heterocycles. The van der Waals surface area contributed by atoms with E-state index in [0.717, 1.165) is 63.6 Å². The van der Waals surface area contributed by atoms with Crippen LogP contribution in [-0.2, 0) is 6.54 Å². The van der Waals surface area contributed by atoms with E-state index in [2.05, 4.69) is 49.7 Å². The second-order valence-electron chi connectivity index (χ2n) is 8.80. The summed E-state index contributed by atoms with van der Waals surface area (Å²) in [4.78, 5) is 12.6. The summed E-state index contributed by atoms with van der Waals surface area (Å²) in [7, 11) is 0. The SMILES string of the molecule is c1ccc2[nH]c(-c3n[nH]c4ccc(-c5cncc(CNCC6CCCC6)c5)cc34)nc2c1. The molecule has 6 nitrogen and oxygen atoms in total. The molecule has 0 spiro atoms. The standard InChI is InChI=1S/C26H26N6/c1-2-6-17(5-1)13-27-14-18-11-20(16-28-15-18)19-9-10-22-21(12-19)25(32-31-22)26-29-23-7-3-4-8-24(23)30-26/h3-4,7-12,15-17,27H,1-2,5-6,13-14H2,(H,29,30)(H,31,32). The van der Waals surface area contributed by atoms with Gasteiger partial charge < -0.3 is 10.3 Å². The molecule has 2 aromatic carbocycles. The van der Waals surface area contributed by atoms with Crippen molar-refractivity contribution >= 4 is 21.9 Å². The quantitative estimate of drug-likeness (QED) is 0.340. The number of benzene rings is 2. The Labute approximate surface area is 186 Å². The predicted molar refractivity (Wildman–Crippen MR) is 128 cm³/mol. The van der Waals surface area contributed by atoms with Crippen LogP contribution >= 0.6 is 0 Å². The van der Waals surface area contributed by atoms with Gasteiger partial charge >= 0.3 is 0 Å². The van der Waals surface area contributed by atoms with E-state index in [9.17, 15) is 0 Å². The molecule has 0 aliphatic heterocycles. The minimum atomic E-state index is 0.776. The fraction of sp³-hybridized carbons (Fsp3) is 0.269. The largest absolute Gasteiger partial charge is 0.337 e. The zero-order chi connectivity index (χ0) is 21.3. The highest BCUT2D eigenvalue weighted by atomic mass is 15.1. The van der Waals surface area contributed by atoms with Crippen molar-refractivity contribution in [3.8, 4) is 22.6 Å². The molecular formula is C26H26N6. The summed E-state index contributed by atoms with van der Waals surface area (Å²) in [6.07, 6.45) is 9.39. The van der Waals surface area contributed by atoms with E-state index in [1.165, 1.54) is 31.2 Å². The van der Waals surface area contributed by atoms with Crippen LogP contribution in [0.5, 0.6) is 0 Å². The molecule has 0 radical (unpaired) electrons. The van der Waals surface area contributed by atoms with Gasteiger partial charge in [0.2, 0.25) is 0 Å². The molecule has 6 rings (SSSR count). The van der Waals surface area contributed by atoms with Gasteiger partial charge in [-0.05, 0) is 66.8 Å². The Bertz CT molecular complexity index is 1340. The average molecular weight is 423 g/mol. The lowest BCUT2D eigenvalue weighted by Gasteiger charge is -2.11. The molecule has 1 aliphatic rings. The first-order valence-electron chi connectivity index (χ1n) is 11.4. The normalized spacial score (nSPS) is 14.6. The summed E-state index contributed by atoms with van der Waals surface area (Å²) in [6, 6.07) is 16.6. The second kappa shape index (κ2) is 8.20. The summed E-state index contributed by atoms with van der Waals surface area (Å²) < 4.78 is 0. The lowest BCUT2D eigenvalue weighted by molar-refractivity contribution is 0.489. The topological polar surface area (TPSA) is 82.3 Å². The Morgan fingerprint density at radius 1 is 0.938 bits per heavy atom. The highest BCUT2D eigenvalue weighted by Crippen LogP contribution is 2.30. The third-order valence-electron chi connectivity index (χ3n) is 6.54. The van der Waals surface area contributed by atoms with Gasteiger partial charge in [0.25, 0.3) is 0 Å². The first kappa shape index (κ1) is 19.2. The number of fused-ring (bicyclic) bond motifs is 2. The molecule has 0 unspecified atom stereocenters. The Morgan fingerprint density at radius 3 is 2.75 bits per heavy atom. The van der Waals surface area contributed by atoms with Crippen molar-refractivity contribution in [2.45, 2.75) is 32.2 Å². The van der Waals surface area contributed by atoms with E-state index in [1.807, 2.05) is 36.7 Å². The Balaban J connectivity index is 1.28. The fourth-order valence-corrected chi connectivity index (χ4v) is 4.82. The molecule has 5 aromatic rings. The fourth-order valence-electron chi connectivity index (χ4n) is 4.82. The molecule has 32 heavy (non-hydrogen) atoms. The van der Waals surface area contributed by atoms with Crippen LogP contribution in [0, 0.1) is 5.92 Å². The Hall–Kier alpha value is -3.51. The third-order valence-corrected chi connectivity index (χ3v) is 6.54. The first-order chi connectivity index (χ1) is 15.8. The van der Waals surface area contributed by atoms with Gasteiger partial charge in [0.1, 0.15) is 5.69 Å². The molecule has 0 amide bonds. The predicted octanol–water partition coefficient (Wildman–Crippen LogP) is 5.45. The average Bonchev–Trinajstić information content (AvgIpc) is 3.58. The lowest BCUT2D eigenvalue weighted by Crippen LogP contribution is -2.20. The van der Waals surface area contributed by atoms with E-state index < -0.39 is 0 Å². The smallest absolute Gasteiger partial charge is 0.159 e. The van der Waals surface area contributed by atoms with Crippen LogP contribution in [0.1, 0.15) is 31.2 Å². The van der Waals surface area contributed by atoms with Crippen LogP contribution in [-0.4, -0.2) is 31.7 Å². The summed E-state index contributed by atoms with van der Waals surface area (Å²) in [6.45, 7) is 1.96. The van der Waals surface area contributed by atoms with E-state index in [-0.39, 0.29) is 0 Å². The second-order valence-corrected chi connectivity index (χ2v) is 8.80. The monoisotopic (exact) mass is 422 g/mol. The van der Waals surface area contributed by atoms with E-state index in [1.54, 1.807) is 0 Å². The number of H-pyrrole nitrogens is 2. The number of pyridine rings is 1. The maximum Gasteiger partial charge on any atom is 0.159 e. The van der Waals surface area contributed by atoms with Crippen LogP contribution in [0.3, 0.4) is 0 Å². The minimum Gasteiger partial charge on any atom is -0.337 e. The lowest BCUT2D eigenvalue weighted by atomic mass is 10.0. The molecule has 3 aromatic heterocycles. The number of nitrogens with one attached hydrogen (secondary N) is 3. The Kier molecular flexibility index (Phi) is 4.92. The first-order valence-corrected chi connectivity index (χ1v) is 11.4. The van der Waals surface area contributed by atoms with Gasteiger partial charge in [-0.2, -0.15) is 5.10 Å². The summed E-state index contributed by atoms with van der Waals surface area (Å²) >= 11 is 0. The maximum atomic E-state index is 4.73. The number of imidazole rings is 1. The number of rotatable bonds is 6. The van der Waals surface area contributed by atoms with Crippen LogP contribution < -0.4 is 5.32 Å². The third kappa shape index (κ3) is 3.67. The zero-order valence-electron chi connectivity index (χ0n) is 17.9. The molecule has 0 atom stereocenters. The van der Waals surface area contributed by atoms with E-state index >= 15 is 0 Å². The van der Waals surface area contributed by atoms with Crippen molar-refractivity contribution in [1.29, 1.82) is 0 Å². The molecule has 1 aliphatic carbocycles. The molecular weight excluding hydrogens is 396 g/mol. The minimum absolute atomic E-state index is 0.776. The van der Waals surface area contributed by atoms with Gasteiger partial charge in [-0.3, -0.25) is 10.1 Å². The van der Waals surface area contributed by atoms with Crippen molar-refractivity contribution in [2.24, 2.45) is 5.92 Å². The summed E-state index contributed by atoms with van der Waals surface area (Å²) in [5.41, 5.74) is 7.23. The number of nitrogens with zero attached hydrogens (tertiary/aromatic N) is 3. The van der Waals surface area contributed by atoms with E-state index in [0.29, 0.717) is 0 Å². The molecule has 1 fully saturated rings. The van der Waals surface area contributed by atoms with Gasteiger partial charge in [-0.1, -0.05) is 31.0 Å². The Morgan fingerprint density at radius 2 is 1.84 bits per heavy atom. The number of hydrogen-bond donors (Lipinski definition) is 3. The summed E-state index contributed by atoms with van der Waals surface area (Å²) in [5.74, 6) is 1.61. The van der Waals surface area contributed by atoms with E-state index in [4.69, 9.17) is 4.98 Å². The van der Waals surface area contributed by atoms with Crippen molar-refractivity contribution in [3.63, 3.8) is 0 Å². The van der Waals surface area contributed by atoms with Crippen molar-refractivity contribution in [1.82, 2.24) is 30.5 Å².